The second kappa shape index (κ2) is 5.75. The Morgan fingerprint density at radius 2 is 1.79 bits per heavy atom. The predicted octanol–water partition coefficient (Wildman–Crippen LogP) is 4.18. The molecule has 1 aliphatic carbocycles. The van der Waals surface area contributed by atoms with Crippen molar-refractivity contribution in [1.29, 1.82) is 0 Å². The van der Waals surface area contributed by atoms with Crippen LogP contribution < -0.4 is 5.32 Å². The molecule has 0 atom stereocenters. The van der Waals surface area contributed by atoms with Crippen LogP contribution in [0.5, 0.6) is 0 Å². The maximum atomic E-state index is 12.6. The first kappa shape index (κ1) is 15.4. The standard InChI is InChI=1S/C21H24N2O/c1-23(2)14-15-6-5-7-16(12-15)17-8-9-19-18(13-17)21(20(24)22-19)10-3-4-11-21/h5-9,12-13H,3-4,10-11,14H2,1-2H3,(H,22,24). The summed E-state index contributed by atoms with van der Waals surface area (Å²) in [4.78, 5) is 14.7. The van der Waals surface area contributed by atoms with Gasteiger partial charge in [0.25, 0.3) is 0 Å². The van der Waals surface area contributed by atoms with Crippen LogP contribution in [-0.4, -0.2) is 24.9 Å². The van der Waals surface area contributed by atoms with E-state index in [2.05, 4.69) is 66.8 Å². The second-order valence-electron chi connectivity index (χ2n) is 7.44. The first-order valence-corrected chi connectivity index (χ1v) is 8.78. The molecule has 1 N–H and O–H groups in total. The Hall–Kier alpha value is -2.13. The summed E-state index contributed by atoms with van der Waals surface area (Å²) in [6.07, 6.45) is 4.26. The molecule has 2 aliphatic rings. The van der Waals surface area contributed by atoms with Gasteiger partial charge < -0.3 is 10.2 Å². The maximum absolute atomic E-state index is 12.6. The number of amides is 1. The van der Waals surface area contributed by atoms with Crippen LogP contribution >= 0.6 is 0 Å². The number of carbonyl (C=O) groups is 1. The lowest BCUT2D eigenvalue weighted by Gasteiger charge is -2.21. The van der Waals surface area contributed by atoms with Crippen molar-refractivity contribution in [2.24, 2.45) is 0 Å². The molecular formula is C21H24N2O. The molecule has 1 amide bonds. The number of rotatable bonds is 3. The number of hydrogen-bond acceptors (Lipinski definition) is 2. The average Bonchev–Trinajstić information content (AvgIpc) is 3.15. The predicted molar refractivity (Wildman–Crippen MR) is 98.0 cm³/mol. The van der Waals surface area contributed by atoms with Crippen molar-refractivity contribution in [1.82, 2.24) is 4.90 Å². The minimum atomic E-state index is -0.271. The number of fused-ring (bicyclic) bond motifs is 2. The van der Waals surface area contributed by atoms with E-state index in [-0.39, 0.29) is 11.3 Å². The van der Waals surface area contributed by atoms with E-state index in [9.17, 15) is 4.79 Å². The fraction of sp³-hybridized carbons (Fsp3) is 0.381. The third kappa shape index (κ3) is 2.44. The van der Waals surface area contributed by atoms with E-state index >= 15 is 0 Å². The summed E-state index contributed by atoms with van der Waals surface area (Å²) in [6, 6.07) is 15.2. The molecule has 4 rings (SSSR count). The molecule has 0 unspecified atom stereocenters. The number of benzene rings is 2. The average molecular weight is 320 g/mol. The number of anilines is 1. The molecule has 124 valence electrons. The third-order valence-electron chi connectivity index (χ3n) is 5.43. The van der Waals surface area contributed by atoms with Gasteiger partial charge in [-0.1, -0.05) is 37.1 Å². The van der Waals surface area contributed by atoms with E-state index in [1.807, 2.05) is 0 Å². The van der Waals surface area contributed by atoms with Crippen LogP contribution in [0.4, 0.5) is 5.69 Å². The third-order valence-corrected chi connectivity index (χ3v) is 5.43. The molecule has 2 aromatic rings. The van der Waals surface area contributed by atoms with E-state index in [1.165, 1.54) is 22.3 Å². The molecule has 0 saturated heterocycles. The van der Waals surface area contributed by atoms with Gasteiger partial charge in [-0.2, -0.15) is 0 Å². The van der Waals surface area contributed by atoms with Crippen LogP contribution in [0.3, 0.4) is 0 Å². The fourth-order valence-corrected chi connectivity index (χ4v) is 4.28. The lowest BCUT2D eigenvalue weighted by Crippen LogP contribution is -2.30. The fourth-order valence-electron chi connectivity index (χ4n) is 4.28. The van der Waals surface area contributed by atoms with Gasteiger partial charge in [-0.3, -0.25) is 4.79 Å². The Labute approximate surface area is 143 Å². The van der Waals surface area contributed by atoms with Crippen molar-refractivity contribution in [2.45, 2.75) is 37.6 Å². The zero-order valence-corrected chi connectivity index (χ0v) is 14.4. The van der Waals surface area contributed by atoms with E-state index in [0.717, 1.165) is 37.9 Å². The molecule has 0 aromatic heterocycles. The molecule has 3 heteroatoms. The summed E-state index contributed by atoms with van der Waals surface area (Å²) in [5.41, 5.74) is 5.69. The van der Waals surface area contributed by atoms with Gasteiger partial charge in [-0.25, -0.2) is 0 Å². The van der Waals surface area contributed by atoms with Gasteiger partial charge in [0, 0.05) is 12.2 Å². The van der Waals surface area contributed by atoms with Gasteiger partial charge >= 0.3 is 0 Å². The number of hydrogen-bond donors (Lipinski definition) is 1. The molecule has 24 heavy (non-hydrogen) atoms. The Kier molecular flexibility index (Phi) is 3.69. The molecule has 1 saturated carbocycles. The summed E-state index contributed by atoms with van der Waals surface area (Å²) in [7, 11) is 4.17. The number of nitrogens with zero attached hydrogens (tertiary/aromatic N) is 1. The highest BCUT2D eigenvalue weighted by atomic mass is 16.2. The molecular weight excluding hydrogens is 296 g/mol. The van der Waals surface area contributed by atoms with Gasteiger partial charge in [0.2, 0.25) is 5.91 Å². The van der Waals surface area contributed by atoms with Gasteiger partial charge in [0.05, 0.1) is 5.41 Å². The molecule has 1 fully saturated rings. The molecule has 0 radical (unpaired) electrons. The first-order valence-electron chi connectivity index (χ1n) is 8.78. The highest BCUT2D eigenvalue weighted by molar-refractivity contribution is 6.07. The SMILES string of the molecule is CN(C)Cc1cccc(-c2ccc3c(c2)C2(CCCC2)C(=O)N3)c1. The molecule has 1 aliphatic heterocycles. The Bertz CT molecular complexity index is 788. The van der Waals surface area contributed by atoms with E-state index in [1.54, 1.807) is 0 Å². The Morgan fingerprint density at radius 1 is 1.04 bits per heavy atom. The minimum Gasteiger partial charge on any atom is -0.325 e. The van der Waals surface area contributed by atoms with E-state index in [0.29, 0.717) is 0 Å². The van der Waals surface area contributed by atoms with Gasteiger partial charge in [0.1, 0.15) is 0 Å². The van der Waals surface area contributed by atoms with Crippen molar-refractivity contribution >= 4 is 11.6 Å². The van der Waals surface area contributed by atoms with Crippen LogP contribution in [0.2, 0.25) is 0 Å². The number of carbonyl (C=O) groups excluding carboxylic acids is 1. The van der Waals surface area contributed by atoms with Crippen molar-refractivity contribution < 1.29 is 4.79 Å². The quantitative estimate of drug-likeness (QED) is 0.920. The summed E-state index contributed by atoms with van der Waals surface area (Å²) in [5, 5.41) is 3.10. The van der Waals surface area contributed by atoms with Gasteiger partial charge in [-0.15, -0.1) is 0 Å². The van der Waals surface area contributed by atoms with Crippen LogP contribution in [0, 0.1) is 0 Å². The normalized spacial score (nSPS) is 18.2. The lowest BCUT2D eigenvalue weighted by molar-refractivity contribution is -0.120. The Balaban J connectivity index is 1.74. The summed E-state index contributed by atoms with van der Waals surface area (Å²) in [5.74, 6) is 0.202. The Morgan fingerprint density at radius 3 is 2.54 bits per heavy atom. The van der Waals surface area contributed by atoms with Crippen molar-refractivity contribution in [3.8, 4) is 11.1 Å². The smallest absolute Gasteiger partial charge is 0.235 e. The zero-order valence-electron chi connectivity index (χ0n) is 14.4. The lowest BCUT2D eigenvalue weighted by atomic mass is 9.79. The topological polar surface area (TPSA) is 32.3 Å². The van der Waals surface area contributed by atoms with Crippen LogP contribution in [0.25, 0.3) is 11.1 Å². The molecule has 1 spiro atoms. The molecule has 1 heterocycles. The minimum absolute atomic E-state index is 0.202. The number of nitrogens with one attached hydrogen (secondary N) is 1. The van der Waals surface area contributed by atoms with E-state index < -0.39 is 0 Å². The molecule has 0 bridgehead atoms. The van der Waals surface area contributed by atoms with Crippen molar-refractivity contribution in [3.63, 3.8) is 0 Å². The largest absolute Gasteiger partial charge is 0.325 e. The summed E-state index contributed by atoms with van der Waals surface area (Å²) in [6.45, 7) is 0.933. The van der Waals surface area contributed by atoms with Gasteiger partial charge in [-0.05, 0) is 67.4 Å². The van der Waals surface area contributed by atoms with Gasteiger partial charge in [0.15, 0.2) is 0 Å². The van der Waals surface area contributed by atoms with Crippen LogP contribution in [0.15, 0.2) is 42.5 Å². The first-order chi connectivity index (χ1) is 11.6. The summed E-state index contributed by atoms with van der Waals surface area (Å²) >= 11 is 0. The maximum Gasteiger partial charge on any atom is 0.235 e. The second-order valence-corrected chi connectivity index (χ2v) is 7.44. The zero-order chi connectivity index (χ0) is 16.7. The molecule has 3 nitrogen and oxygen atoms in total. The highest BCUT2D eigenvalue weighted by Gasteiger charge is 2.48. The van der Waals surface area contributed by atoms with Crippen LogP contribution in [0.1, 0.15) is 36.8 Å². The van der Waals surface area contributed by atoms with Crippen LogP contribution in [-0.2, 0) is 16.8 Å². The van der Waals surface area contributed by atoms with E-state index in [4.69, 9.17) is 0 Å². The highest BCUT2D eigenvalue weighted by Crippen LogP contribution is 2.49. The van der Waals surface area contributed by atoms with Crippen molar-refractivity contribution in [2.75, 3.05) is 19.4 Å². The summed E-state index contributed by atoms with van der Waals surface area (Å²) < 4.78 is 0. The monoisotopic (exact) mass is 320 g/mol. The van der Waals surface area contributed by atoms with Crippen molar-refractivity contribution in [3.05, 3.63) is 53.6 Å². The molecule has 2 aromatic carbocycles.